The van der Waals surface area contributed by atoms with Crippen LogP contribution in [0.4, 0.5) is 0 Å². The second kappa shape index (κ2) is 6.70. The van der Waals surface area contributed by atoms with Crippen molar-refractivity contribution < 1.29 is 29.3 Å². The zero-order valence-electron chi connectivity index (χ0n) is 10.7. The third kappa shape index (κ3) is 5.01. The molecule has 0 aromatic heterocycles. The lowest BCUT2D eigenvalue weighted by molar-refractivity contribution is -0.222. The van der Waals surface area contributed by atoms with Crippen LogP contribution in [0.5, 0.6) is 0 Å². The van der Waals surface area contributed by atoms with Crippen LogP contribution in [-0.4, -0.2) is 40.6 Å². The van der Waals surface area contributed by atoms with Crippen LogP contribution >= 0.6 is 0 Å². The highest BCUT2D eigenvalue weighted by atomic mass is 16.7. The molecule has 1 rings (SSSR count). The van der Waals surface area contributed by atoms with Gasteiger partial charge in [-0.2, -0.15) is 0 Å². The van der Waals surface area contributed by atoms with Gasteiger partial charge in [0.1, 0.15) is 0 Å². The molecule has 0 amide bonds. The third-order valence-corrected chi connectivity index (χ3v) is 2.73. The van der Waals surface area contributed by atoms with E-state index in [4.69, 9.17) is 14.6 Å². The summed E-state index contributed by atoms with van der Waals surface area (Å²) in [6.45, 7) is 3.99. The van der Waals surface area contributed by atoms with Gasteiger partial charge in [0.15, 0.2) is 6.10 Å². The number of esters is 1. The lowest BCUT2D eigenvalue weighted by Crippen LogP contribution is -2.41. The summed E-state index contributed by atoms with van der Waals surface area (Å²) < 4.78 is 10.1. The SMILES string of the molecule is CC(C)CCC(=O)OC1CC(O)CC(C(=O)O)O1. The van der Waals surface area contributed by atoms with E-state index in [9.17, 15) is 14.7 Å². The van der Waals surface area contributed by atoms with Gasteiger partial charge in [-0.1, -0.05) is 13.8 Å². The van der Waals surface area contributed by atoms with Crippen LogP contribution in [0, 0.1) is 5.92 Å². The lowest BCUT2D eigenvalue weighted by atomic mass is 10.1. The summed E-state index contributed by atoms with van der Waals surface area (Å²) in [5.74, 6) is -1.19. The smallest absolute Gasteiger partial charge is 0.333 e. The van der Waals surface area contributed by atoms with Gasteiger partial charge >= 0.3 is 11.9 Å². The van der Waals surface area contributed by atoms with E-state index in [1.807, 2.05) is 13.8 Å². The highest BCUT2D eigenvalue weighted by molar-refractivity contribution is 5.72. The first-order chi connectivity index (χ1) is 8.38. The van der Waals surface area contributed by atoms with Gasteiger partial charge < -0.3 is 19.7 Å². The molecule has 0 aromatic rings. The van der Waals surface area contributed by atoms with Crippen LogP contribution in [-0.2, 0) is 19.1 Å². The Bertz CT molecular complexity index is 301. The average Bonchev–Trinajstić information content (AvgIpc) is 2.25. The fraction of sp³-hybridized carbons (Fsp3) is 0.833. The molecule has 2 N–H and O–H groups in total. The van der Waals surface area contributed by atoms with E-state index in [0.29, 0.717) is 12.3 Å². The van der Waals surface area contributed by atoms with Crippen LogP contribution in [0.2, 0.25) is 0 Å². The Kier molecular flexibility index (Phi) is 5.55. The topological polar surface area (TPSA) is 93.1 Å². The Morgan fingerprint density at radius 2 is 2.06 bits per heavy atom. The second-order valence-electron chi connectivity index (χ2n) is 4.94. The van der Waals surface area contributed by atoms with Crippen LogP contribution in [0.25, 0.3) is 0 Å². The summed E-state index contributed by atoms with van der Waals surface area (Å²) >= 11 is 0. The number of rotatable bonds is 5. The molecule has 6 nitrogen and oxygen atoms in total. The quantitative estimate of drug-likeness (QED) is 0.714. The molecule has 104 valence electrons. The van der Waals surface area contributed by atoms with Gasteiger partial charge in [-0.3, -0.25) is 4.79 Å². The Labute approximate surface area is 106 Å². The molecule has 0 bridgehead atoms. The summed E-state index contributed by atoms with van der Waals surface area (Å²) in [6.07, 6.45) is -1.78. The highest BCUT2D eigenvalue weighted by Gasteiger charge is 2.34. The Hall–Kier alpha value is -1.14. The Balaban J connectivity index is 2.41. The lowest BCUT2D eigenvalue weighted by Gasteiger charge is -2.30. The van der Waals surface area contributed by atoms with Crippen molar-refractivity contribution in [2.75, 3.05) is 0 Å². The van der Waals surface area contributed by atoms with E-state index in [-0.39, 0.29) is 19.3 Å². The average molecular weight is 260 g/mol. The van der Waals surface area contributed by atoms with Gasteiger partial charge in [-0.15, -0.1) is 0 Å². The number of aliphatic hydroxyl groups is 1. The molecule has 18 heavy (non-hydrogen) atoms. The Morgan fingerprint density at radius 1 is 1.39 bits per heavy atom. The van der Waals surface area contributed by atoms with Gasteiger partial charge in [-0.25, -0.2) is 4.79 Å². The number of ether oxygens (including phenoxy) is 2. The number of carbonyl (C=O) groups excluding carboxylic acids is 1. The van der Waals surface area contributed by atoms with Crippen molar-refractivity contribution in [3.05, 3.63) is 0 Å². The van der Waals surface area contributed by atoms with E-state index in [2.05, 4.69) is 0 Å². The van der Waals surface area contributed by atoms with Crippen LogP contribution in [0.3, 0.4) is 0 Å². The molecule has 0 aliphatic carbocycles. The van der Waals surface area contributed by atoms with E-state index >= 15 is 0 Å². The maximum Gasteiger partial charge on any atom is 0.333 e. The molecule has 1 saturated heterocycles. The Morgan fingerprint density at radius 3 is 2.61 bits per heavy atom. The molecule has 1 aliphatic rings. The number of hydrogen-bond acceptors (Lipinski definition) is 5. The molecule has 1 heterocycles. The third-order valence-electron chi connectivity index (χ3n) is 2.73. The predicted molar refractivity (Wildman–Crippen MR) is 61.7 cm³/mol. The first-order valence-corrected chi connectivity index (χ1v) is 6.14. The number of carboxylic acids is 1. The summed E-state index contributed by atoms with van der Waals surface area (Å²) in [5, 5.41) is 18.3. The van der Waals surface area contributed by atoms with Crippen LogP contribution in [0.15, 0.2) is 0 Å². The number of hydrogen-bond donors (Lipinski definition) is 2. The molecule has 6 heteroatoms. The van der Waals surface area contributed by atoms with E-state index in [1.54, 1.807) is 0 Å². The number of carbonyl (C=O) groups is 2. The van der Waals surface area contributed by atoms with Crippen molar-refractivity contribution in [3.63, 3.8) is 0 Å². The van der Waals surface area contributed by atoms with E-state index in [1.165, 1.54) is 0 Å². The minimum Gasteiger partial charge on any atom is -0.479 e. The van der Waals surface area contributed by atoms with Crippen molar-refractivity contribution in [1.29, 1.82) is 0 Å². The van der Waals surface area contributed by atoms with E-state index < -0.39 is 30.4 Å². The van der Waals surface area contributed by atoms with Gasteiger partial charge in [0, 0.05) is 19.3 Å². The van der Waals surface area contributed by atoms with Crippen molar-refractivity contribution in [3.8, 4) is 0 Å². The standard InChI is InChI=1S/C12H20O6/c1-7(2)3-4-10(14)18-11-6-8(13)5-9(17-11)12(15)16/h7-9,11,13H,3-6H2,1-2H3,(H,15,16). The largest absolute Gasteiger partial charge is 0.479 e. The second-order valence-corrected chi connectivity index (χ2v) is 4.94. The molecule has 0 spiro atoms. The fourth-order valence-electron chi connectivity index (χ4n) is 1.71. The minimum absolute atomic E-state index is 0.0232. The van der Waals surface area contributed by atoms with E-state index in [0.717, 1.165) is 0 Å². The predicted octanol–water partition coefficient (Wildman–Crippen LogP) is 0.916. The van der Waals surface area contributed by atoms with Gasteiger partial charge in [0.2, 0.25) is 6.29 Å². The number of aliphatic hydroxyl groups excluding tert-OH is 1. The highest BCUT2D eigenvalue weighted by Crippen LogP contribution is 2.21. The summed E-state index contributed by atoms with van der Waals surface area (Å²) in [4.78, 5) is 22.2. The summed E-state index contributed by atoms with van der Waals surface area (Å²) in [5.41, 5.74) is 0. The van der Waals surface area contributed by atoms with Gasteiger partial charge in [-0.05, 0) is 12.3 Å². The molecule has 0 saturated carbocycles. The number of carboxylic acid groups (broad SMARTS) is 1. The molecule has 1 aliphatic heterocycles. The molecule has 0 aromatic carbocycles. The monoisotopic (exact) mass is 260 g/mol. The van der Waals surface area contributed by atoms with Crippen LogP contribution in [0.1, 0.15) is 39.5 Å². The normalized spacial score (nSPS) is 28.1. The zero-order valence-corrected chi connectivity index (χ0v) is 10.7. The first-order valence-electron chi connectivity index (χ1n) is 6.14. The molecular weight excluding hydrogens is 240 g/mol. The van der Waals surface area contributed by atoms with Crippen molar-refractivity contribution in [1.82, 2.24) is 0 Å². The first kappa shape index (κ1) is 14.9. The molecular formula is C12H20O6. The molecule has 3 unspecified atom stereocenters. The maximum atomic E-state index is 11.5. The van der Waals surface area contributed by atoms with Crippen LogP contribution < -0.4 is 0 Å². The minimum atomic E-state index is -1.16. The van der Waals surface area contributed by atoms with Crippen molar-refractivity contribution in [2.24, 2.45) is 5.92 Å². The zero-order chi connectivity index (χ0) is 13.7. The number of aliphatic carboxylic acids is 1. The van der Waals surface area contributed by atoms with Crippen molar-refractivity contribution in [2.45, 2.75) is 58.0 Å². The summed E-state index contributed by atoms with van der Waals surface area (Å²) in [7, 11) is 0. The molecule has 0 radical (unpaired) electrons. The van der Waals surface area contributed by atoms with Gasteiger partial charge in [0.05, 0.1) is 6.10 Å². The van der Waals surface area contributed by atoms with Gasteiger partial charge in [0.25, 0.3) is 0 Å². The summed E-state index contributed by atoms with van der Waals surface area (Å²) in [6, 6.07) is 0. The maximum absolute atomic E-state index is 11.5. The molecule has 1 fully saturated rings. The van der Waals surface area contributed by atoms with Crippen molar-refractivity contribution >= 4 is 11.9 Å². The fourth-order valence-corrected chi connectivity index (χ4v) is 1.71. The molecule has 3 atom stereocenters.